The van der Waals surface area contributed by atoms with Crippen molar-refractivity contribution in [3.05, 3.63) is 51.9 Å². The van der Waals surface area contributed by atoms with Gasteiger partial charge in [0.15, 0.2) is 0 Å². The number of aliphatic hydroxyl groups excluding tert-OH is 1. The third-order valence-electron chi connectivity index (χ3n) is 4.49. The molecule has 5 heterocycles. The molecule has 1 aliphatic rings. The molecule has 0 atom stereocenters. The van der Waals surface area contributed by atoms with Crippen molar-refractivity contribution in [1.29, 1.82) is 0 Å². The molecule has 3 N–H and O–H groups in total. The fourth-order valence-electron chi connectivity index (χ4n) is 3.17. The maximum atomic E-state index is 9.62. The van der Waals surface area contributed by atoms with Crippen LogP contribution in [0.1, 0.15) is 12.1 Å². The minimum Gasteiger partial charge on any atom is -0.511 e. The van der Waals surface area contributed by atoms with Crippen LogP contribution in [0.3, 0.4) is 0 Å². The molecule has 9 nitrogen and oxygen atoms in total. The van der Waals surface area contributed by atoms with Crippen LogP contribution in [0.5, 0.6) is 0 Å². The van der Waals surface area contributed by atoms with Crippen LogP contribution >= 0.6 is 27.3 Å². The lowest BCUT2D eigenvalue weighted by Gasteiger charge is -2.14. The van der Waals surface area contributed by atoms with Gasteiger partial charge in [0, 0.05) is 24.5 Å². The predicted octanol–water partition coefficient (Wildman–Crippen LogP) is 3.35. The first kappa shape index (κ1) is 18.0. The molecule has 0 aliphatic carbocycles. The smallest absolute Gasteiger partial charge is 0.221 e. The van der Waals surface area contributed by atoms with Gasteiger partial charge >= 0.3 is 0 Å². The highest BCUT2D eigenvalue weighted by atomic mass is 79.9. The Morgan fingerprint density at radius 1 is 1.24 bits per heavy atom. The first-order valence-electron chi connectivity index (χ1n) is 8.80. The van der Waals surface area contributed by atoms with Crippen LogP contribution in [-0.2, 0) is 6.54 Å². The zero-order valence-electron chi connectivity index (χ0n) is 15.0. The minimum absolute atomic E-state index is 0.192. The number of rotatable bonds is 4. The molecule has 11 heteroatoms. The molecule has 146 valence electrons. The Balaban J connectivity index is 1.43. The topological polar surface area (TPSA) is 119 Å². The molecular weight excluding hydrogens is 456 g/mol. The molecule has 0 spiro atoms. The predicted molar refractivity (Wildman–Crippen MR) is 115 cm³/mol. The van der Waals surface area contributed by atoms with E-state index in [0.717, 1.165) is 32.7 Å². The SMILES string of the molecule is Nc1nc(-c2cn(Cc3cccc(N4C=C(O)CC4)n3)nn2)c2scc(Br)c2n1. The quantitative estimate of drug-likeness (QED) is 0.465. The van der Waals surface area contributed by atoms with Crippen molar-refractivity contribution in [2.45, 2.75) is 13.0 Å². The molecule has 1 aliphatic heterocycles. The van der Waals surface area contributed by atoms with Gasteiger partial charge in [-0.3, -0.25) is 0 Å². The summed E-state index contributed by atoms with van der Waals surface area (Å²) in [6.45, 7) is 1.18. The molecule has 0 fully saturated rings. The Labute approximate surface area is 177 Å². The zero-order valence-corrected chi connectivity index (χ0v) is 17.4. The first-order valence-corrected chi connectivity index (χ1v) is 10.5. The van der Waals surface area contributed by atoms with Gasteiger partial charge in [-0.05, 0) is 28.1 Å². The first-order chi connectivity index (χ1) is 14.1. The summed E-state index contributed by atoms with van der Waals surface area (Å²) >= 11 is 5.01. The van der Waals surface area contributed by atoms with Crippen LogP contribution in [0.2, 0.25) is 0 Å². The van der Waals surface area contributed by atoms with Gasteiger partial charge in [0.25, 0.3) is 0 Å². The molecule has 5 rings (SSSR count). The number of halogens is 1. The van der Waals surface area contributed by atoms with Crippen LogP contribution in [0.25, 0.3) is 21.6 Å². The van der Waals surface area contributed by atoms with Gasteiger partial charge in [-0.15, -0.1) is 16.4 Å². The van der Waals surface area contributed by atoms with Gasteiger partial charge < -0.3 is 15.7 Å². The molecule has 29 heavy (non-hydrogen) atoms. The summed E-state index contributed by atoms with van der Waals surface area (Å²) in [7, 11) is 0. The number of thiophene rings is 1. The molecule has 0 radical (unpaired) electrons. The van der Waals surface area contributed by atoms with Crippen LogP contribution in [0, 0.1) is 0 Å². The third-order valence-corrected chi connectivity index (χ3v) is 6.38. The Bertz CT molecular complexity index is 1250. The number of nitrogens with zero attached hydrogens (tertiary/aromatic N) is 7. The molecule has 0 saturated heterocycles. The fourth-order valence-corrected chi connectivity index (χ4v) is 4.73. The van der Waals surface area contributed by atoms with E-state index in [1.807, 2.05) is 34.7 Å². The van der Waals surface area contributed by atoms with Crippen LogP contribution < -0.4 is 10.6 Å². The van der Waals surface area contributed by atoms with Crippen LogP contribution in [0.15, 0.2) is 46.2 Å². The van der Waals surface area contributed by atoms with Gasteiger partial charge in [0.2, 0.25) is 5.95 Å². The Hall–Kier alpha value is -3.05. The monoisotopic (exact) mass is 470 g/mol. The van der Waals surface area contributed by atoms with E-state index in [4.69, 9.17) is 5.73 Å². The van der Waals surface area contributed by atoms with E-state index in [-0.39, 0.29) is 5.95 Å². The highest BCUT2D eigenvalue weighted by molar-refractivity contribution is 9.10. The number of fused-ring (bicyclic) bond motifs is 1. The number of anilines is 2. The maximum Gasteiger partial charge on any atom is 0.221 e. The highest BCUT2D eigenvalue weighted by Crippen LogP contribution is 2.35. The molecule has 4 aromatic heterocycles. The lowest BCUT2D eigenvalue weighted by atomic mass is 10.3. The normalized spacial score (nSPS) is 14.0. The molecule has 0 bridgehead atoms. The number of pyridine rings is 1. The molecule has 0 aromatic carbocycles. The summed E-state index contributed by atoms with van der Waals surface area (Å²) in [5.74, 6) is 1.35. The van der Waals surface area contributed by atoms with Crippen molar-refractivity contribution >= 4 is 49.2 Å². The number of nitrogen functional groups attached to an aromatic ring is 1. The average Bonchev–Trinajstić information content (AvgIpc) is 3.43. The molecule has 4 aromatic rings. The minimum atomic E-state index is 0.192. The lowest BCUT2D eigenvalue weighted by molar-refractivity contribution is 0.400. The Morgan fingerprint density at radius 2 is 2.14 bits per heavy atom. The second-order valence-electron chi connectivity index (χ2n) is 6.54. The van der Waals surface area contributed by atoms with E-state index in [0.29, 0.717) is 30.1 Å². The van der Waals surface area contributed by atoms with E-state index in [9.17, 15) is 5.11 Å². The standard InChI is InChI=1S/C18H15BrN8OS/c19-12-9-29-17-15(12)22-18(20)23-16(17)13-8-27(25-24-13)6-10-2-1-3-14(21-10)26-5-4-11(28)7-26/h1-3,7-9,28H,4-6H2,(H2,20,22,23). The van der Waals surface area contributed by atoms with Crippen molar-refractivity contribution in [3.8, 4) is 11.4 Å². The van der Waals surface area contributed by atoms with E-state index in [2.05, 4.69) is 41.2 Å². The van der Waals surface area contributed by atoms with E-state index in [1.54, 1.807) is 10.9 Å². The Morgan fingerprint density at radius 3 is 2.97 bits per heavy atom. The second kappa shape index (κ2) is 7.08. The molecular formula is C18H15BrN8OS. The summed E-state index contributed by atoms with van der Waals surface area (Å²) in [6.07, 6.45) is 4.17. The summed E-state index contributed by atoms with van der Waals surface area (Å²) in [5.41, 5.74) is 8.77. The summed E-state index contributed by atoms with van der Waals surface area (Å²) in [4.78, 5) is 15.3. The second-order valence-corrected chi connectivity index (χ2v) is 8.28. The van der Waals surface area contributed by atoms with Crippen molar-refractivity contribution in [3.63, 3.8) is 0 Å². The largest absolute Gasteiger partial charge is 0.511 e. The lowest BCUT2D eigenvalue weighted by Crippen LogP contribution is -2.14. The van der Waals surface area contributed by atoms with Gasteiger partial charge in [0.05, 0.1) is 27.6 Å². The summed E-state index contributed by atoms with van der Waals surface area (Å²) < 4.78 is 3.49. The average molecular weight is 471 g/mol. The van der Waals surface area contributed by atoms with Crippen molar-refractivity contribution in [2.24, 2.45) is 0 Å². The third kappa shape index (κ3) is 3.42. The van der Waals surface area contributed by atoms with Crippen molar-refractivity contribution in [1.82, 2.24) is 29.9 Å². The number of nitrogens with two attached hydrogens (primary N) is 1. The van der Waals surface area contributed by atoms with Gasteiger partial charge in [0.1, 0.15) is 28.5 Å². The maximum absolute atomic E-state index is 9.62. The fraction of sp³-hybridized carbons (Fsp3) is 0.167. The zero-order chi connectivity index (χ0) is 20.0. The van der Waals surface area contributed by atoms with Crippen molar-refractivity contribution in [2.75, 3.05) is 17.2 Å². The van der Waals surface area contributed by atoms with Crippen molar-refractivity contribution < 1.29 is 5.11 Å². The molecule has 0 unspecified atom stereocenters. The van der Waals surface area contributed by atoms with Crippen LogP contribution in [-0.4, -0.2) is 41.6 Å². The van der Waals surface area contributed by atoms with Gasteiger partial charge in [-0.25, -0.2) is 19.6 Å². The van der Waals surface area contributed by atoms with E-state index < -0.39 is 0 Å². The number of hydrogen-bond donors (Lipinski definition) is 2. The van der Waals surface area contributed by atoms with E-state index >= 15 is 0 Å². The summed E-state index contributed by atoms with van der Waals surface area (Å²) in [5, 5.41) is 20.1. The van der Waals surface area contributed by atoms with Gasteiger partial charge in [-0.1, -0.05) is 11.3 Å². The highest BCUT2D eigenvalue weighted by Gasteiger charge is 2.17. The number of aromatic nitrogens is 6. The summed E-state index contributed by atoms with van der Waals surface area (Å²) in [6, 6.07) is 5.79. The molecule has 0 saturated carbocycles. The van der Waals surface area contributed by atoms with Gasteiger partial charge in [-0.2, -0.15) is 0 Å². The van der Waals surface area contributed by atoms with E-state index in [1.165, 1.54) is 11.3 Å². The van der Waals surface area contributed by atoms with Crippen LogP contribution in [0.4, 0.5) is 11.8 Å². The Kier molecular flexibility index (Phi) is 4.40. The molecule has 0 amide bonds. The number of aliphatic hydroxyl groups is 1. The number of hydrogen-bond acceptors (Lipinski definition) is 9.